The molecule has 0 aliphatic rings. The molecule has 0 heterocycles. The minimum absolute atomic E-state index is 0. The summed E-state index contributed by atoms with van der Waals surface area (Å²) in [4.78, 5) is 15.9. The quantitative estimate of drug-likeness (QED) is 0.664. The third kappa shape index (κ3) is 5.06. The summed E-state index contributed by atoms with van der Waals surface area (Å²) in [6.07, 6.45) is 0.486. The van der Waals surface area contributed by atoms with Gasteiger partial charge in [0.1, 0.15) is 0 Å². The summed E-state index contributed by atoms with van der Waals surface area (Å²) in [7, 11) is 0. The van der Waals surface area contributed by atoms with Gasteiger partial charge in [-0.3, -0.25) is 4.79 Å². The number of carbonyl (C=O) groups is 1. The Morgan fingerprint density at radius 3 is 2.36 bits per heavy atom. The van der Waals surface area contributed by atoms with Gasteiger partial charge in [-0.15, -0.1) is 12.4 Å². The van der Waals surface area contributed by atoms with Crippen LogP contribution >= 0.6 is 24.0 Å². The lowest BCUT2D eigenvalue weighted by atomic mass is 9.91. The van der Waals surface area contributed by atoms with Gasteiger partial charge < -0.3 is 11.5 Å². The molecule has 0 aromatic heterocycles. The monoisotopic (exact) mass is 337 g/mol. The van der Waals surface area contributed by atoms with Crippen LogP contribution in [0, 0.1) is 0 Å². The molecule has 0 unspecified atom stereocenters. The minimum atomic E-state index is -0.438. The summed E-state index contributed by atoms with van der Waals surface area (Å²) in [5.74, 6) is -1.03. The number of aliphatic imine (C=N–C) groups is 1. The van der Waals surface area contributed by atoms with Crippen molar-refractivity contribution in [2.24, 2.45) is 16.5 Å². The summed E-state index contributed by atoms with van der Waals surface area (Å²) in [6.45, 7) is 0. The molecule has 0 aliphatic carbocycles. The van der Waals surface area contributed by atoms with E-state index in [1.165, 1.54) is 0 Å². The van der Waals surface area contributed by atoms with Gasteiger partial charge in [-0.2, -0.15) is 4.99 Å². The van der Waals surface area contributed by atoms with Crippen molar-refractivity contribution in [1.82, 2.24) is 0 Å². The summed E-state index contributed by atoms with van der Waals surface area (Å²) in [6, 6.07) is 16.8. The lowest BCUT2D eigenvalue weighted by Gasteiger charge is -2.14. The van der Waals surface area contributed by atoms with Gasteiger partial charge in [0.05, 0.1) is 5.92 Å². The first kappa shape index (κ1) is 18.0. The number of halogens is 2. The van der Waals surface area contributed by atoms with Gasteiger partial charge in [0.25, 0.3) is 5.91 Å². The van der Waals surface area contributed by atoms with E-state index in [2.05, 4.69) is 4.99 Å². The van der Waals surface area contributed by atoms with Crippen LogP contribution in [0.2, 0.25) is 5.02 Å². The van der Waals surface area contributed by atoms with Crippen molar-refractivity contribution < 1.29 is 4.79 Å². The van der Waals surface area contributed by atoms with E-state index in [9.17, 15) is 4.79 Å². The summed E-state index contributed by atoms with van der Waals surface area (Å²) in [5, 5.41) is 0.633. The van der Waals surface area contributed by atoms with Crippen molar-refractivity contribution >= 4 is 35.9 Å². The molecule has 22 heavy (non-hydrogen) atoms. The maximum Gasteiger partial charge on any atom is 0.256 e. The molecule has 0 saturated heterocycles. The number of nitrogens with zero attached hydrogens (tertiary/aromatic N) is 1. The number of hydrogen-bond acceptors (Lipinski definition) is 1. The Bertz CT molecular complexity index is 655. The molecule has 2 aromatic carbocycles. The highest BCUT2D eigenvalue weighted by atomic mass is 35.5. The predicted octanol–water partition coefficient (Wildman–Crippen LogP) is 2.89. The summed E-state index contributed by atoms with van der Waals surface area (Å²) < 4.78 is 0. The number of rotatable bonds is 4. The highest BCUT2D eigenvalue weighted by Crippen LogP contribution is 2.24. The van der Waals surface area contributed by atoms with Crippen LogP contribution in [-0.2, 0) is 11.2 Å². The Morgan fingerprint density at radius 1 is 1.09 bits per heavy atom. The average molecular weight is 338 g/mol. The van der Waals surface area contributed by atoms with Gasteiger partial charge in [-0.25, -0.2) is 0 Å². The molecule has 4 N–H and O–H groups in total. The number of benzene rings is 2. The number of guanidine groups is 1. The lowest BCUT2D eigenvalue weighted by molar-refractivity contribution is -0.119. The number of nitrogens with two attached hydrogens (primary N) is 2. The molecular formula is C16H17Cl2N3O. The van der Waals surface area contributed by atoms with Crippen LogP contribution in [0.1, 0.15) is 17.0 Å². The molecule has 1 atom stereocenters. The number of hydrogen-bond donors (Lipinski definition) is 2. The molecule has 1 amide bonds. The van der Waals surface area contributed by atoms with E-state index in [1.807, 2.05) is 48.5 Å². The van der Waals surface area contributed by atoms with E-state index in [1.54, 1.807) is 6.07 Å². The molecule has 0 aliphatic heterocycles. The number of carbonyl (C=O) groups excluding carboxylic acids is 1. The molecule has 0 spiro atoms. The van der Waals surface area contributed by atoms with Gasteiger partial charge in [-0.05, 0) is 29.7 Å². The van der Waals surface area contributed by atoms with Crippen LogP contribution in [0.3, 0.4) is 0 Å². The normalized spacial score (nSPS) is 11.1. The van der Waals surface area contributed by atoms with E-state index in [0.717, 1.165) is 11.1 Å². The second-order valence-corrected chi connectivity index (χ2v) is 5.11. The zero-order valence-corrected chi connectivity index (χ0v) is 13.3. The first-order valence-corrected chi connectivity index (χ1v) is 6.87. The molecule has 6 heteroatoms. The van der Waals surface area contributed by atoms with Gasteiger partial charge in [0.2, 0.25) is 0 Å². The second kappa shape index (κ2) is 8.41. The third-order valence-electron chi connectivity index (χ3n) is 3.07. The molecule has 2 aromatic rings. The molecule has 0 radical (unpaired) electrons. The van der Waals surface area contributed by atoms with E-state index in [4.69, 9.17) is 23.1 Å². The third-order valence-corrected chi connectivity index (χ3v) is 3.30. The SMILES string of the molecule is Cl.NC(N)=NC(=O)[C@H](Cc1cccc(Cl)c1)c1ccccc1. The Morgan fingerprint density at radius 2 is 1.77 bits per heavy atom. The smallest absolute Gasteiger partial charge is 0.256 e. The topological polar surface area (TPSA) is 81.5 Å². The minimum Gasteiger partial charge on any atom is -0.370 e. The zero-order chi connectivity index (χ0) is 15.2. The first-order valence-electron chi connectivity index (χ1n) is 6.49. The molecular weight excluding hydrogens is 321 g/mol. The predicted molar refractivity (Wildman–Crippen MR) is 92.4 cm³/mol. The molecule has 0 saturated carbocycles. The standard InChI is InChI=1S/C16H16ClN3O.ClH/c17-13-8-4-5-11(9-13)10-14(15(21)20-16(18)19)12-6-2-1-3-7-12;/h1-9,14H,10H2,(H4,18,19,20,21);1H/t14-;/m1./s1. The fraction of sp³-hybridized carbons (Fsp3) is 0.125. The fourth-order valence-corrected chi connectivity index (χ4v) is 2.35. The largest absolute Gasteiger partial charge is 0.370 e. The van der Waals surface area contributed by atoms with Crippen LogP contribution in [0.5, 0.6) is 0 Å². The Labute approximate surface area is 140 Å². The van der Waals surface area contributed by atoms with Crippen LogP contribution < -0.4 is 11.5 Å². The van der Waals surface area contributed by atoms with Crippen LogP contribution in [0.4, 0.5) is 0 Å². The van der Waals surface area contributed by atoms with Crippen molar-refractivity contribution in [2.45, 2.75) is 12.3 Å². The van der Waals surface area contributed by atoms with Crippen molar-refractivity contribution in [1.29, 1.82) is 0 Å². The lowest BCUT2D eigenvalue weighted by Crippen LogP contribution is -2.26. The highest BCUT2D eigenvalue weighted by molar-refractivity contribution is 6.30. The van der Waals surface area contributed by atoms with Crippen LogP contribution in [-0.4, -0.2) is 11.9 Å². The molecule has 0 bridgehead atoms. The van der Waals surface area contributed by atoms with E-state index >= 15 is 0 Å². The second-order valence-electron chi connectivity index (χ2n) is 4.67. The van der Waals surface area contributed by atoms with Crippen LogP contribution in [0.25, 0.3) is 0 Å². The van der Waals surface area contributed by atoms with E-state index in [0.29, 0.717) is 11.4 Å². The van der Waals surface area contributed by atoms with Crippen molar-refractivity contribution in [3.05, 3.63) is 70.7 Å². The molecule has 2 rings (SSSR count). The summed E-state index contributed by atoms with van der Waals surface area (Å²) >= 11 is 5.99. The first-order chi connectivity index (χ1) is 10.1. The van der Waals surface area contributed by atoms with E-state index < -0.39 is 5.92 Å². The van der Waals surface area contributed by atoms with E-state index in [-0.39, 0.29) is 24.3 Å². The van der Waals surface area contributed by atoms with Crippen molar-refractivity contribution in [3.63, 3.8) is 0 Å². The Kier molecular flexibility index (Phi) is 6.89. The Balaban J connectivity index is 0.00000242. The molecule has 4 nitrogen and oxygen atoms in total. The Hall–Kier alpha value is -2.04. The molecule has 0 fully saturated rings. The van der Waals surface area contributed by atoms with Gasteiger partial charge in [0, 0.05) is 5.02 Å². The van der Waals surface area contributed by atoms with Crippen LogP contribution in [0.15, 0.2) is 59.6 Å². The maximum absolute atomic E-state index is 12.3. The summed E-state index contributed by atoms with van der Waals surface area (Å²) in [5.41, 5.74) is 12.4. The van der Waals surface area contributed by atoms with Gasteiger partial charge in [-0.1, -0.05) is 54.1 Å². The average Bonchev–Trinajstić information content (AvgIpc) is 2.45. The fourth-order valence-electron chi connectivity index (χ4n) is 2.14. The molecule has 116 valence electrons. The van der Waals surface area contributed by atoms with Gasteiger partial charge >= 0.3 is 0 Å². The highest BCUT2D eigenvalue weighted by Gasteiger charge is 2.21. The maximum atomic E-state index is 12.3. The zero-order valence-electron chi connectivity index (χ0n) is 11.8. The van der Waals surface area contributed by atoms with Crippen molar-refractivity contribution in [3.8, 4) is 0 Å². The van der Waals surface area contributed by atoms with Gasteiger partial charge in [0.15, 0.2) is 5.96 Å². The number of amides is 1. The van der Waals surface area contributed by atoms with Crippen molar-refractivity contribution in [2.75, 3.05) is 0 Å².